The van der Waals surface area contributed by atoms with E-state index in [9.17, 15) is 4.79 Å². The minimum absolute atomic E-state index is 0.263. The van der Waals surface area contributed by atoms with E-state index in [4.69, 9.17) is 4.84 Å². The smallest absolute Gasteiger partial charge is 0.293 e. The summed E-state index contributed by atoms with van der Waals surface area (Å²) in [4.78, 5) is 28.8. The number of nitrogens with zero attached hydrogens (tertiary/aromatic N) is 3. The van der Waals surface area contributed by atoms with Crippen molar-refractivity contribution in [1.29, 1.82) is 0 Å². The lowest BCUT2D eigenvalue weighted by Gasteiger charge is -2.26. The van der Waals surface area contributed by atoms with E-state index in [2.05, 4.69) is 15.0 Å². The summed E-state index contributed by atoms with van der Waals surface area (Å²) in [5.41, 5.74) is 0.348. The van der Waals surface area contributed by atoms with Crippen LogP contribution >= 0.6 is 0 Å². The second-order valence-corrected chi connectivity index (χ2v) is 4.70. The molecule has 1 fully saturated rings. The molecule has 0 spiro atoms. The first-order valence-electron chi connectivity index (χ1n) is 6.76. The number of hydroxylamine groups is 2. The maximum atomic E-state index is 12.0. The molecule has 2 aromatic rings. The highest BCUT2D eigenvalue weighted by molar-refractivity contribution is 5.62. The van der Waals surface area contributed by atoms with Crippen molar-refractivity contribution in [3.63, 3.8) is 0 Å². The van der Waals surface area contributed by atoms with Crippen LogP contribution in [0.15, 0.2) is 35.5 Å². The van der Waals surface area contributed by atoms with Crippen molar-refractivity contribution in [2.75, 3.05) is 13.1 Å². The zero-order chi connectivity index (χ0) is 13.8. The minimum atomic E-state index is -0.263. The van der Waals surface area contributed by atoms with Gasteiger partial charge in [-0.05, 0) is 25.0 Å². The molecule has 3 rings (SSSR count). The molecule has 0 unspecified atom stereocenters. The van der Waals surface area contributed by atoms with Crippen LogP contribution in [0.5, 0.6) is 5.75 Å². The standard InChI is InChI=1S/C14H16N4O2/c19-14-12(20-18-9-2-1-3-10-18)11(5-8-17-14)13-15-6-4-7-16-13/h4-8H,1-3,9-10H2,(H,17,19). The molecular weight excluding hydrogens is 256 g/mol. The van der Waals surface area contributed by atoms with Crippen LogP contribution in [0.3, 0.4) is 0 Å². The Morgan fingerprint density at radius 3 is 2.65 bits per heavy atom. The van der Waals surface area contributed by atoms with Gasteiger partial charge in [-0.1, -0.05) is 6.42 Å². The van der Waals surface area contributed by atoms with Crippen LogP contribution in [-0.4, -0.2) is 33.1 Å². The van der Waals surface area contributed by atoms with E-state index >= 15 is 0 Å². The molecule has 0 saturated carbocycles. The quantitative estimate of drug-likeness (QED) is 0.919. The molecule has 6 nitrogen and oxygen atoms in total. The van der Waals surface area contributed by atoms with Gasteiger partial charge in [0.25, 0.3) is 5.56 Å². The van der Waals surface area contributed by atoms with Crippen LogP contribution < -0.4 is 10.4 Å². The number of hydrogen-bond donors (Lipinski definition) is 1. The Bertz CT molecular complexity index is 621. The number of aromatic nitrogens is 3. The summed E-state index contributed by atoms with van der Waals surface area (Å²) in [5.74, 6) is 0.756. The third-order valence-electron chi connectivity index (χ3n) is 3.26. The van der Waals surface area contributed by atoms with Crippen LogP contribution in [0.4, 0.5) is 0 Å². The largest absolute Gasteiger partial charge is 0.399 e. The average molecular weight is 272 g/mol. The van der Waals surface area contributed by atoms with Crippen LogP contribution in [0.25, 0.3) is 11.4 Å². The number of nitrogens with one attached hydrogen (secondary N) is 1. The monoisotopic (exact) mass is 272 g/mol. The summed E-state index contributed by atoms with van der Waals surface area (Å²) in [6.45, 7) is 1.67. The molecule has 2 aromatic heterocycles. The number of pyridine rings is 1. The molecular formula is C14H16N4O2. The van der Waals surface area contributed by atoms with Gasteiger partial charge in [-0.15, -0.1) is 5.06 Å². The Labute approximate surface area is 116 Å². The van der Waals surface area contributed by atoms with Crippen molar-refractivity contribution >= 4 is 0 Å². The number of piperidine rings is 1. The van der Waals surface area contributed by atoms with Crippen LogP contribution in [-0.2, 0) is 0 Å². The van der Waals surface area contributed by atoms with Gasteiger partial charge in [0.2, 0.25) is 5.75 Å². The Morgan fingerprint density at radius 2 is 1.90 bits per heavy atom. The van der Waals surface area contributed by atoms with Crippen LogP contribution in [0.1, 0.15) is 19.3 Å². The summed E-state index contributed by atoms with van der Waals surface area (Å²) in [6, 6.07) is 3.50. The molecule has 1 aliphatic heterocycles. The van der Waals surface area contributed by atoms with Gasteiger partial charge in [0.05, 0.1) is 5.56 Å². The second kappa shape index (κ2) is 5.83. The van der Waals surface area contributed by atoms with Crippen molar-refractivity contribution in [3.8, 4) is 17.1 Å². The van der Waals surface area contributed by atoms with E-state index in [1.54, 1.807) is 30.7 Å². The second-order valence-electron chi connectivity index (χ2n) is 4.70. The van der Waals surface area contributed by atoms with Crippen LogP contribution in [0.2, 0.25) is 0 Å². The molecule has 20 heavy (non-hydrogen) atoms. The highest BCUT2D eigenvalue weighted by atomic mass is 16.7. The number of rotatable bonds is 3. The van der Waals surface area contributed by atoms with Gasteiger partial charge in [-0.3, -0.25) is 4.79 Å². The van der Waals surface area contributed by atoms with Gasteiger partial charge in [-0.2, -0.15) is 0 Å². The molecule has 0 aromatic carbocycles. The van der Waals surface area contributed by atoms with E-state index in [1.807, 2.05) is 5.06 Å². The Morgan fingerprint density at radius 1 is 1.15 bits per heavy atom. The molecule has 0 atom stereocenters. The maximum Gasteiger partial charge on any atom is 0.293 e. The van der Waals surface area contributed by atoms with Gasteiger partial charge >= 0.3 is 0 Å². The molecule has 0 amide bonds. The van der Waals surface area contributed by atoms with Crippen molar-refractivity contribution in [1.82, 2.24) is 20.0 Å². The first-order chi connectivity index (χ1) is 9.84. The number of hydrogen-bond acceptors (Lipinski definition) is 5. The Hall–Kier alpha value is -2.21. The summed E-state index contributed by atoms with van der Waals surface area (Å²) in [5, 5.41) is 1.83. The van der Waals surface area contributed by atoms with Crippen molar-refractivity contribution in [2.24, 2.45) is 0 Å². The van der Waals surface area contributed by atoms with Gasteiger partial charge in [0, 0.05) is 31.7 Å². The first-order valence-corrected chi connectivity index (χ1v) is 6.76. The van der Waals surface area contributed by atoms with E-state index in [1.165, 1.54) is 6.42 Å². The van der Waals surface area contributed by atoms with Crippen LogP contribution in [0, 0.1) is 0 Å². The first kappa shape index (κ1) is 12.8. The third-order valence-corrected chi connectivity index (χ3v) is 3.26. The summed E-state index contributed by atoms with van der Waals surface area (Å²) < 4.78 is 0. The maximum absolute atomic E-state index is 12.0. The lowest BCUT2D eigenvalue weighted by atomic mass is 10.2. The Balaban J connectivity index is 1.95. The topological polar surface area (TPSA) is 71.1 Å². The highest BCUT2D eigenvalue weighted by Gasteiger charge is 2.18. The minimum Gasteiger partial charge on any atom is -0.399 e. The molecule has 0 radical (unpaired) electrons. The summed E-state index contributed by atoms with van der Waals surface area (Å²) in [7, 11) is 0. The van der Waals surface area contributed by atoms with Crippen molar-refractivity contribution in [3.05, 3.63) is 41.1 Å². The zero-order valence-electron chi connectivity index (χ0n) is 11.1. The predicted molar refractivity (Wildman–Crippen MR) is 74.1 cm³/mol. The van der Waals surface area contributed by atoms with Gasteiger partial charge < -0.3 is 9.82 Å². The Kier molecular flexibility index (Phi) is 3.73. The molecule has 3 heterocycles. The number of aromatic amines is 1. The van der Waals surface area contributed by atoms with E-state index < -0.39 is 0 Å². The molecule has 1 saturated heterocycles. The fourth-order valence-corrected chi connectivity index (χ4v) is 2.25. The third kappa shape index (κ3) is 2.70. The lowest BCUT2D eigenvalue weighted by molar-refractivity contribution is -0.0727. The van der Waals surface area contributed by atoms with E-state index in [-0.39, 0.29) is 11.3 Å². The fraction of sp³-hybridized carbons (Fsp3) is 0.357. The van der Waals surface area contributed by atoms with E-state index in [0.29, 0.717) is 11.4 Å². The fourth-order valence-electron chi connectivity index (χ4n) is 2.25. The SMILES string of the molecule is O=c1[nH]ccc(-c2ncccn2)c1ON1CCCCC1. The normalized spacial score (nSPS) is 16.0. The highest BCUT2D eigenvalue weighted by Crippen LogP contribution is 2.24. The molecule has 104 valence electrons. The number of H-pyrrole nitrogens is 1. The molecule has 6 heteroatoms. The molecule has 1 N–H and O–H groups in total. The predicted octanol–water partition coefficient (Wildman–Crippen LogP) is 1.61. The summed E-state index contributed by atoms with van der Waals surface area (Å²) in [6.07, 6.45) is 8.25. The zero-order valence-corrected chi connectivity index (χ0v) is 11.1. The van der Waals surface area contributed by atoms with Crippen molar-refractivity contribution in [2.45, 2.75) is 19.3 Å². The van der Waals surface area contributed by atoms with Gasteiger partial charge in [-0.25, -0.2) is 9.97 Å². The van der Waals surface area contributed by atoms with Crippen molar-refractivity contribution < 1.29 is 4.84 Å². The molecule has 1 aliphatic rings. The van der Waals surface area contributed by atoms with E-state index in [0.717, 1.165) is 25.9 Å². The van der Waals surface area contributed by atoms with Gasteiger partial charge in [0.15, 0.2) is 5.82 Å². The molecule has 0 aliphatic carbocycles. The lowest BCUT2D eigenvalue weighted by Crippen LogP contribution is -2.34. The summed E-state index contributed by atoms with van der Waals surface area (Å²) >= 11 is 0. The van der Waals surface area contributed by atoms with Gasteiger partial charge in [0.1, 0.15) is 0 Å². The molecule has 0 bridgehead atoms. The average Bonchev–Trinajstić information content (AvgIpc) is 2.51.